The van der Waals surface area contributed by atoms with Crippen LogP contribution < -0.4 is 5.32 Å². The van der Waals surface area contributed by atoms with Crippen LogP contribution >= 0.6 is 11.6 Å². The third-order valence-electron chi connectivity index (χ3n) is 2.95. The molecule has 108 valence electrons. The monoisotopic (exact) mass is 299 g/mol. The fraction of sp³-hybridized carbons (Fsp3) is 0.357. The number of hydrogen-bond donors (Lipinski definition) is 1. The Hall–Kier alpha value is -1.62. The van der Waals surface area contributed by atoms with Crippen LogP contribution in [0.25, 0.3) is 0 Å². The minimum absolute atomic E-state index is 0.0255. The summed E-state index contributed by atoms with van der Waals surface area (Å²) >= 11 is 5.85. The van der Waals surface area contributed by atoms with Crippen molar-refractivity contribution in [2.75, 3.05) is 5.32 Å². The Morgan fingerprint density at radius 3 is 2.65 bits per heavy atom. The summed E-state index contributed by atoms with van der Waals surface area (Å²) in [6.07, 6.45) is 1.87. The molecule has 6 heteroatoms. The molecule has 1 heterocycles. The number of aromatic nitrogens is 2. The van der Waals surface area contributed by atoms with Crippen molar-refractivity contribution in [2.45, 2.75) is 26.3 Å². The largest absolute Gasteiger partial charge is 0.377 e. The van der Waals surface area contributed by atoms with Gasteiger partial charge in [-0.3, -0.25) is 4.68 Å². The smallest absolute Gasteiger partial charge is 0.150 e. The van der Waals surface area contributed by atoms with Crippen LogP contribution in [0.2, 0.25) is 5.02 Å². The molecule has 0 spiro atoms. The van der Waals surface area contributed by atoms with E-state index in [1.54, 1.807) is 4.68 Å². The molecule has 0 saturated heterocycles. The van der Waals surface area contributed by atoms with Gasteiger partial charge in [0.1, 0.15) is 5.82 Å². The van der Waals surface area contributed by atoms with E-state index in [9.17, 15) is 8.78 Å². The van der Waals surface area contributed by atoms with E-state index in [0.717, 1.165) is 23.4 Å². The van der Waals surface area contributed by atoms with Crippen LogP contribution in [-0.2, 0) is 13.6 Å². The van der Waals surface area contributed by atoms with E-state index < -0.39 is 11.6 Å². The SMILES string of the molecule is CC(C)c1nn(C)cc1CNc1c(F)cc(F)cc1Cl. The van der Waals surface area contributed by atoms with Crippen LogP contribution in [0.5, 0.6) is 0 Å². The molecule has 0 aliphatic carbocycles. The minimum atomic E-state index is -0.704. The van der Waals surface area contributed by atoms with Crippen LogP contribution in [0.3, 0.4) is 0 Å². The first kappa shape index (κ1) is 14.8. The summed E-state index contributed by atoms with van der Waals surface area (Å²) in [6, 6.07) is 1.89. The van der Waals surface area contributed by atoms with Gasteiger partial charge in [0.05, 0.1) is 16.4 Å². The fourth-order valence-corrected chi connectivity index (χ4v) is 2.33. The lowest BCUT2D eigenvalue weighted by Gasteiger charge is -2.10. The molecule has 0 aliphatic heterocycles. The summed E-state index contributed by atoms with van der Waals surface area (Å²) in [5, 5.41) is 7.30. The average Bonchev–Trinajstić information content (AvgIpc) is 2.69. The second kappa shape index (κ2) is 5.79. The second-order valence-corrected chi connectivity index (χ2v) is 5.37. The number of anilines is 1. The number of aryl methyl sites for hydroxylation is 1. The number of halogens is 3. The van der Waals surface area contributed by atoms with Gasteiger partial charge in [-0.25, -0.2) is 8.78 Å². The molecule has 0 unspecified atom stereocenters. The predicted octanol–water partition coefficient (Wildman–Crippen LogP) is 4.09. The molecule has 1 N–H and O–H groups in total. The van der Waals surface area contributed by atoms with Gasteiger partial charge < -0.3 is 5.32 Å². The standard InChI is InChI=1S/C14H16ClF2N3/c1-8(2)13-9(7-20(3)19-13)6-18-14-11(15)4-10(16)5-12(14)17/h4-5,7-8,18H,6H2,1-3H3. The van der Waals surface area contributed by atoms with Crippen molar-refractivity contribution < 1.29 is 8.78 Å². The molecule has 0 atom stereocenters. The van der Waals surface area contributed by atoms with E-state index in [-0.39, 0.29) is 16.6 Å². The van der Waals surface area contributed by atoms with Crippen LogP contribution in [0.15, 0.2) is 18.3 Å². The summed E-state index contributed by atoms with van der Waals surface area (Å²) in [4.78, 5) is 0. The van der Waals surface area contributed by atoms with Gasteiger partial charge in [-0.1, -0.05) is 25.4 Å². The Kier molecular flexibility index (Phi) is 4.28. The van der Waals surface area contributed by atoms with Crippen LogP contribution in [-0.4, -0.2) is 9.78 Å². The van der Waals surface area contributed by atoms with Crippen molar-refractivity contribution >= 4 is 17.3 Å². The highest BCUT2D eigenvalue weighted by atomic mass is 35.5. The molecule has 2 rings (SSSR count). The molecule has 20 heavy (non-hydrogen) atoms. The van der Waals surface area contributed by atoms with E-state index >= 15 is 0 Å². The molecule has 0 aliphatic rings. The molecule has 0 bridgehead atoms. The van der Waals surface area contributed by atoms with Crippen LogP contribution in [0, 0.1) is 11.6 Å². The number of rotatable bonds is 4. The highest BCUT2D eigenvalue weighted by molar-refractivity contribution is 6.33. The number of hydrogen-bond acceptors (Lipinski definition) is 2. The molecule has 2 aromatic rings. The Morgan fingerprint density at radius 2 is 2.05 bits per heavy atom. The summed E-state index contributed by atoms with van der Waals surface area (Å²) in [5.41, 5.74) is 2.01. The molecule has 0 saturated carbocycles. The van der Waals surface area contributed by atoms with Gasteiger partial charge >= 0.3 is 0 Å². The maximum Gasteiger partial charge on any atom is 0.150 e. The van der Waals surface area contributed by atoms with E-state index in [4.69, 9.17) is 11.6 Å². The van der Waals surface area contributed by atoms with Gasteiger partial charge in [0.25, 0.3) is 0 Å². The molecule has 1 aromatic heterocycles. The van der Waals surface area contributed by atoms with Crippen LogP contribution in [0.1, 0.15) is 31.0 Å². The summed E-state index contributed by atoms with van der Waals surface area (Å²) in [5.74, 6) is -1.13. The lowest BCUT2D eigenvalue weighted by Crippen LogP contribution is -2.05. The average molecular weight is 300 g/mol. The van der Waals surface area contributed by atoms with Crippen LogP contribution in [0.4, 0.5) is 14.5 Å². The van der Waals surface area contributed by atoms with E-state index in [1.807, 2.05) is 27.1 Å². The predicted molar refractivity (Wildman–Crippen MR) is 76.0 cm³/mol. The molecular formula is C14H16ClF2N3. The number of benzene rings is 1. The van der Waals surface area contributed by atoms with Gasteiger partial charge in [0.2, 0.25) is 0 Å². The first-order valence-corrected chi connectivity index (χ1v) is 6.67. The Balaban J connectivity index is 2.21. The highest BCUT2D eigenvalue weighted by Gasteiger charge is 2.14. The van der Waals surface area contributed by atoms with E-state index in [2.05, 4.69) is 10.4 Å². The van der Waals surface area contributed by atoms with Crippen molar-refractivity contribution in [3.63, 3.8) is 0 Å². The number of nitrogens with zero attached hydrogens (tertiary/aromatic N) is 2. The van der Waals surface area contributed by atoms with Crippen molar-refractivity contribution in [2.24, 2.45) is 7.05 Å². The molecule has 3 nitrogen and oxygen atoms in total. The topological polar surface area (TPSA) is 29.9 Å². The molecule has 0 amide bonds. The van der Waals surface area contributed by atoms with Gasteiger partial charge in [-0.05, 0) is 12.0 Å². The summed E-state index contributed by atoms with van der Waals surface area (Å²) in [7, 11) is 1.83. The summed E-state index contributed by atoms with van der Waals surface area (Å²) in [6.45, 7) is 4.46. The quantitative estimate of drug-likeness (QED) is 0.921. The second-order valence-electron chi connectivity index (χ2n) is 4.97. The van der Waals surface area contributed by atoms with E-state index in [0.29, 0.717) is 6.54 Å². The molecule has 0 radical (unpaired) electrons. The zero-order valence-electron chi connectivity index (χ0n) is 11.5. The van der Waals surface area contributed by atoms with Gasteiger partial charge in [0, 0.05) is 31.4 Å². The zero-order chi connectivity index (χ0) is 14.9. The van der Waals surface area contributed by atoms with Gasteiger partial charge in [-0.15, -0.1) is 0 Å². The maximum atomic E-state index is 13.7. The highest BCUT2D eigenvalue weighted by Crippen LogP contribution is 2.27. The normalized spacial score (nSPS) is 11.2. The summed E-state index contributed by atoms with van der Waals surface area (Å²) < 4.78 is 28.4. The first-order chi connectivity index (χ1) is 9.38. The Bertz CT molecular complexity index is 600. The lowest BCUT2D eigenvalue weighted by atomic mass is 10.1. The fourth-order valence-electron chi connectivity index (χ4n) is 2.07. The maximum absolute atomic E-state index is 13.7. The first-order valence-electron chi connectivity index (χ1n) is 6.29. The molecular weight excluding hydrogens is 284 g/mol. The Morgan fingerprint density at radius 1 is 1.35 bits per heavy atom. The zero-order valence-corrected chi connectivity index (χ0v) is 12.3. The number of nitrogens with one attached hydrogen (secondary N) is 1. The van der Waals surface area contributed by atoms with Crippen molar-refractivity contribution in [3.05, 3.63) is 46.2 Å². The molecule has 1 aromatic carbocycles. The van der Waals surface area contributed by atoms with Crippen molar-refractivity contribution in [1.82, 2.24) is 9.78 Å². The third kappa shape index (κ3) is 3.10. The van der Waals surface area contributed by atoms with Gasteiger partial charge in [-0.2, -0.15) is 5.10 Å². The van der Waals surface area contributed by atoms with Gasteiger partial charge in [0.15, 0.2) is 5.82 Å². The third-order valence-corrected chi connectivity index (χ3v) is 3.24. The van der Waals surface area contributed by atoms with Crippen molar-refractivity contribution in [3.8, 4) is 0 Å². The minimum Gasteiger partial charge on any atom is -0.377 e. The Labute approximate surface area is 121 Å². The van der Waals surface area contributed by atoms with E-state index in [1.165, 1.54) is 0 Å². The lowest BCUT2D eigenvalue weighted by molar-refractivity contribution is 0.585. The van der Waals surface area contributed by atoms with Crippen molar-refractivity contribution in [1.29, 1.82) is 0 Å². The molecule has 0 fully saturated rings.